The van der Waals surface area contributed by atoms with Gasteiger partial charge in [0.2, 0.25) is 5.91 Å². The minimum Gasteiger partial charge on any atom is -0.504 e. The Morgan fingerprint density at radius 3 is 2.59 bits per heavy atom. The number of benzene rings is 1. The Hall–Kier alpha value is -1.40. The first-order chi connectivity index (χ1) is 7.90. The van der Waals surface area contributed by atoms with Crippen molar-refractivity contribution in [3.05, 3.63) is 23.8 Å². The molecule has 0 bridgehead atoms. The van der Waals surface area contributed by atoms with Gasteiger partial charge < -0.3 is 30.9 Å². The minimum atomic E-state index is -2.59. The summed E-state index contributed by atoms with van der Waals surface area (Å²) < 4.78 is 4.56. The molecular weight excluding hydrogens is 247 g/mol. The molecule has 0 radical (unpaired) electrons. The summed E-state index contributed by atoms with van der Waals surface area (Å²) in [5.41, 5.74) is 11.0. The van der Waals surface area contributed by atoms with Crippen LogP contribution in [0.3, 0.4) is 0 Å². The quantitative estimate of drug-likeness (QED) is 0.445. The van der Waals surface area contributed by atoms with Crippen LogP contribution in [0.2, 0.25) is 0 Å². The van der Waals surface area contributed by atoms with E-state index in [1.165, 1.54) is 18.2 Å². The summed E-state index contributed by atoms with van der Waals surface area (Å²) in [5.74, 6) is -0.966. The Bertz CT molecular complexity index is 412. The Kier molecular flexibility index (Phi) is 4.65. The summed E-state index contributed by atoms with van der Waals surface area (Å²) in [5, 5.41) is 9.50. The SMILES string of the molecule is NC(=O)C(N)Cc1ccc(OP(O)O)c(O)c1. The first-order valence-electron chi connectivity index (χ1n) is 4.62. The number of hydrogen-bond acceptors (Lipinski definition) is 6. The first-order valence-corrected chi connectivity index (χ1v) is 5.79. The van der Waals surface area contributed by atoms with Gasteiger partial charge in [0.1, 0.15) is 0 Å². The van der Waals surface area contributed by atoms with E-state index in [1.54, 1.807) is 0 Å². The van der Waals surface area contributed by atoms with Crippen LogP contribution >= 0.6 is 8.60 Å². The largest absolute Gasteiger partial charge is 0.504 e. The topological polar surface area (TPSA) is 139 Å². The molecule has 0 saturated heterocycles. The molecule has 1 unspecified atom stereocenters. The van der Waals surface area contributed by atoms with Crippen LogP contribution in [0.5, 0.6) is 11.5 Å². The van der Waals surface area contributed by atoms with Crippen LogP contribution in [0.4, 0.5) is 0 Å². The Balaban J connectivity index is 2.78. The second-order valence-corrected chi connectivity index (χ2v) is 4.05. The number of hydrogen-bond donors (Lipinski definition) is 5. The van der Waals surface area contributed by atoms with Crippen molar-refractivity contribution in [3.8, 4) is 11.5 Å². The van der Waals surface area contributed by atoms with Crippen LogP contribution in [0.25, 0.3) is 0 Å². The number of phenolic OH excluding ortho intramolecular Hbond substituents is 1. The summed E-state index contributed by atoms with van der Waals surface area (Å²) in [7, 11) is -2.59. The number of carbonyl (C=O) groups is 1. The van der Waals surface area contributed by atoms with E-state index >= 15 is 0 Å². The molecule has 1 aromatic carbocycles. The molecular formula is C9H13N2O5P. The Labute approximate surface area is 98.6 Å². The van der Waals surface area contributed by atoms with Crippen molar-refractivity contribution in [1.29, 1.82) is 0 Å². The maximum absolute atomic E-state index is 10.7. The van der Waals surface area contributed by atoms with Gasteiger partial charge in [-0.15, -0.1) is 0 Å². The fourth-order valence-electron chi connectivity index (χ4n) is 1.21. The maximum Gasteiger partial charge on any atom is 0.391 e. The lowest BCUT2D eigenvalue weighted by atomic mass is 10.1. The zero-order chi connectivity index (χ0) is 13.0. The van der Waals surface area contributed by atoms with Crippen LogP contribution in [0.1, 0.15) is 5.56 Å². The van der Waals surface area contributed by atoms with Gasteiger partial charge in [0.05, 0.1) is 6.04 Å². The second-order valence-electron chi connectivity index (χ2n) is 3.36. The molecule has 7 N–H and O–H groups in total. The van der Waals surface area contributed by atoms with E-state index in [2.05, 4.69) is 4.52 Å². The maximum atomic E-state index is 10.7. The smallest absolute Gasteiger partial charge is 0.391 e. The Morgan fingerprint density at radius 1 is 1.47 bits per heavy atom. The number of nitrogens with two attached hydrogens (primary N) is 2. The highest BCUT2D eigenvalue weighted by Crippen LogP contribution is 2.35. The molecule has 0 aromatic heterocycles. The molecule has 1 amide bonds. The predicted octanol–water partition coefficient (Wildman–Crippen LogP) is -0.662. The van der Waals surface area contributed by atoms with Crippen LogP contribution in [-0.2, 0) is 11.2 Å². The lowest BCUT2D eigenvalue weighted by molar-refractivity contribution is -0.119. The molecule has 0 saturated carbocycles. The van der Waals surface area contributed by atoms with Crippen molar-refractivity contribution >= 4 is 14.5 Å². The molecule has 1 aromatic rings. The van der Waals surface area contributed by atoms with E-state index in [-0.39, 0.29) is 17.9 Å². The Morgan fingerprint density at radius 2 is 2.12 bits per heavy atom. The van der Waals surface area contributed by atoms with Gasteiger partial charge >= 0.3 is 8.60 Å². The van der Waals surface area contributed by atoms with E-state index < -0.39 is 20.6 Å². The molecule has 1 atom stereocenters. The van der Waals surface area contributed by atoms with Gasteiger partial charge in [-0.3, -0.25) is 4.79 Å². The lowest BCUT2D eigenvalue weighted by Gasteiger charge is -2.10. The van der Waals surface area contributed by atoms with E-state index in [4.69, 9.17) is 21.3 Å². The molecule has 0 spiro atoms. The number of rotatable bonds is 5. The number of carbonyl (C=O) groups excluding carboxylic acids is 1. The standard InChI is InChI=1S/C9H13N2O5P/c10-6(9(11)13)3-5-1-2-8(7(12)4-5)16-17(14)15/h1-2,4,6,12,14-15H,3,10H2,(H2,11,13). The summed E-state index contributed by atoms with van der Waals surface area (Å²) in [6, 6.07) is 3.36. The van der Waals surface area contributed by atoms with E-state index in [9.17, 15) is 9.90 Å². The number of primary amides is 1. The highest BCUT2D eigenvalue weighted by molar-refractivity contribution is 7.39. The van der Waals surface area contributed by atoms with Crippen molar-refractivity contribution in [3.63, 3.8) is 0 Å². The molecule has 0 heterocycles. The molecule has 0 fully saturated rings. The fourth-order valence-corrected chi connectivity index (χ4v) is 1.54. The molecule has 1 rings (SSSR count). The molecule has 0 aliphatic heterocycles. The number of amides is 1. The van der Waals surface area contributed by atoms with Gasteiger partial charge in [-0.1, -0.05) is 6.07 Å². The van der Waals surface area contributed by atoms with Gasteiger partial charge in [-0.2, -0.15) is 0 Å². The molecule has 0 aliphatic rings. The van der Waals surface area contributed by atoms with Crippen LogP contribution in [0, 0.1) is 0 Å². The van der Waals surface area contributed by atoms with Gasteiger partial charge in [0.15, 0.2) is 11.5 Å². The molecule has 17 heavy (non-hydrogen) atoms. The van der Waals surface area contributed by atoms with Gasteiger partial charge in [0, 0.05) is 0 Å². The highest BCUT2D eigenvalue weighted by atomic mass is 31.2. The number of aromatic hydroxyl groups is 1. The van der Waals surface area contributed by atoms with Crippen molar-refractivity contribution < 1.29 is 24.2 Å². The highest BCUT2D eigenvalue weighted by Gasteiger charge is 2.13. The lowest BCUT2D eigenvalue weighted by Crippen LogP contribution is -2.38. The number of phenols is 1. The summed E-state index contributed by atoms with van der Waals surface area (Å²) in [6.07, 6.45) is 0.177. The molecule has 94 valence electrons. The zero-order valence-electron chi connectivity index (χ0n) is 8.78. The zero-order valence-corrected chi connectivity index (χ0v) is 9.67. The van der Waals surface area contributed by atoms with Crippen LogP contribution < -0.4 is 16.0 Å². The van der Waals surface area contributed by atoms with Crippen molar-refractivity contribution in [2.24, 2.45) is 11.5 Å². The monoisotopic (exact) mass is 260 g/mol. The molecule has 7 nitrogen and oxygen atoms in total. The average molecular weight is 260 g/mol. The van der Waals surface area contributed by atoms with Crippen LogP contribution in [-0.4, -0.2) is 26.8 Å². The summed E-state index contributed by atoms with van der Waals surface area (Å²) in [4.78, 5) is 28.0. The second kappa shape index (κ2) is 5.79. The van der Waals surface area contributed by atoms with Gasteiger partial charge in [0.25, 0.3) is 0 Å². The summed E-state index contributed by atoms with van der Waals surface area (Å²) >= 11 is 0. The first kappa shape index (κ1) is 13.7. The van der Waals surface area contributed by atoms with Gasteiger partial charge in [-0.25, -0.2) is 0 Å². The normalized spacial score (nSPS) is 12.5. The average Bonchev–Trinajstić information content (AvgIpc) is 2.21. The van der Waals surface area contributed by atoms with Crippen molar-refractivity contribution in [2.45, 2.75) is 12.5 Å². The third-order valence-electron chi connectivity index (χ3n) is 2.02. The van der Waals surface area contributed by atoms with E-state index in [0.717, 1.165) is 0 Å². The van der Waals surface area contributed by atoms with Crippen molar-refractivity contribution in [2.75, 3.05) is 0 Å². The third-order valence-corrected chi connectivity index (χ3v) is 2.38. The van der Waals surface area contributed by atoms with Crippen LogP contribution in [0.15, 0.2) is 18.2 Å². The molecule has 8 heteroatoms. The third kappa shape index (κ3) is 4.16. The van der Waals surface area contributed by atoms with Gasteiger partial charge in [-0.05, 0) is 24.1 Å². The predicted molar refractivity (Wildman–Crippen MR) is 61.0 cm³/mol. The minimum absolute atomic E-state index is 0.0579. The molecule has 0 aliphatic carbocycles. The van der Waals surface area contributed by atoms with E-state index in [0.29, 0.717) is 5.56 Å². The van der Waals surface area contributed by atoms with E-state index in [1.807, 2.05) is 0 Å². The van der Waals surface area contributed by atoms with Crippen molar-refractivity contribution in [1.82, 2.24) is 0 Å². The summed E-state index contributed by atoms with van der Waals surface area (Å²) in [6.45, 7) is 0. The fraction of sp³-hybridized carbons (Fsp3) is 0.222.